The highest BCUT2D eigenvalue weighted by Gasteiger charge is 2.34. The van der Waals surface area contributed by atoms with E-state index in [0.29, 0.717) is 30.0 Å². The van der Waals surface area contributed by atoms with Crippen molar-refractivity contribution in [3.63, 3.8) is 0 Å². The van der Waals surface area contributed by atoms with Crippen molar-refractivity contribution in [1.82, 2.24) is 4.31 Å². The number of benzene rings is 2. The quantitative estimate of drug-likeness (QED) is 0.757. The molecule has 1 amide bonds. The number of methoxy groups -OCH3 is 2. The van der Waals surface area contributed by atoms with Crippen molar-refractivity contribution in [2.45, 2.75) is 31.6 Å². The van der Waals surface area contributed by atoms with Gasteiger partial charge in [-0.15, -0.1) is 0 Å². The van der Waals surface area contributed by atoms with Crippen molar-refractivity contribution < 1.29 is 22.7 Å². The van der Waals surface area contributed by atoms with Gasteiger partial charge in [-0.2, -0.15) is 4.31 Å². The molecule has 7 nitrogen and oxygen atoms in total. The van der Waals surface area contributed by atoms with E-state index < -0.39 is 10.0 Å². The van der Waals surface area contributed by atoms with Crippen LogP contribution in [-0.4, -0.2) is 45.9 Å². The Morgan fingerprint density at radius 3 is 2.13 bits per heavy atom. The first-order chi connectivity index (χ1) is 14.3. The number of piperidine rings is 1. The molecule has 1 aliphatic rings. The lowest BCUT2D eigenvalue weighted by Crippen LogP contribution is -2.41. The van der Waals surface area contributed by atoms with Crippen molar-refractivity contribution in [3.05, 3.63) is 47.5 Å². The van der Waals surface area contributed by atoms with E-state index in [2.05, 4.69) is 5.32 Å². The highest BCUT2D eigenvalue weighted by molar-refractivity contribution is 7.89. The number of rotatable bonds is 6. The van der Waals surface area contributed by atoms with Crippen LogP contribution in [0.4, 0.5) is 5.69 Å². The topological polar surface area (TPSA) is 84.9 Å². The average molecular weight is 433 g/mol. The van der Waals surface area contributed by atoms with Crippen molar-refractivity contribution >= 4 is 21.6 Å². The van der Waals surface area contributed by atoms with Gasteiger partial charge in [-0.3, -0.25) is 4.79 Å². The summed E-state index contributed by atoms with van der Waals surface area (Å²) in [5.41, 5.74) is 2.48. The Morgan fingerprint density at radius 1 is 0.967 bits per heavy atom. The first kappa shape index (κ1) is 22.1. The number of nitrogens with zero attached hydrogens (tertiary/aromatic N) is 1. The van der Waals surface area contributed by atoms with E-state index in [1.54, 1.807) is 19.2 Å². The van der Waals surface area contributed by atoms with Gasteiger partial charge in [-0.1, -0.05) is 12.1 Å². The van der Waals surface area contributed by atoms with Gasteiger partial charge in [0.15, 0.2) is 0 Å². The zero-order valence-corrected chi connectivity index (χ0v) is 18.6. The Morgan fingerprint density at radius 2 is 1.53 bits per heavy atom. The van der Waals surface area contributed by atoms with Crippen LogP contribution >= 0.6 is 0 Å². The number of amides is 1. The third-order valence-corrected chi connectivity index (χ3v) is 7.29. The second-order valence-electron chi connectivity index (χ2n) is 7.53. The smallest absolute Gasteiger partial charge is 0.246 e. The minimum absolute atomic E-state index is 0.121. The van der Waals surface area contributed by atoms with Gasteiger partial charge >= 0.3 is 0 Å². The first-order valence-electron chi connectivity index (χ1n) is 9.86. The Balaban J connectivity index is 1.69. The molecule has 1 saturated heterocycles. The zero-order chi connectivity index (χ0) is 21.9. The van der Waals surface area contributed by atoms with Gasteiger partial charge in [0.1, 0.15) is 16.4 Å². The standard InChI is InChI=1S/C22H28N2O5S/c1-15-5-7-19(28-3)18(13-15)23-22(25)17-9-11-24(12-10-17)30(26,27)21-14-16(2)6-8-20(21)29-4/h5-8,13-14,17H,9-12H2,1-4H3,(H,23,25). The molecule has 1 fully saturated rings. The average Bonchev–Trinajstić information content (AvgIpc) is 2.74. The molecule has 3 rings (SSSR count). The second kappa shape index (κ2) is 9.06. The predicted octanol–water partition coefficient (Wildman–Crippen LogP) is 3.36. The summed E-state index contributed by atoms with van der Waals surface area (Å²) in [4.78, 5) is 12.9. The van der Waals surface area contributed by atoms with Crippen LogP contribution in [0.1, 0.15) is 24.0 Å². The Hall–Kier alpha value is -2.58. The summed E-state index contributed by atoms with van der Waals surface area (Å²) in [5.74, 6) is 0.540. The minimum atomic E-state index is -3.69. The third kappa shape index (κ3) is 4.60. The molecule has 1 N–H and O–H groups in total. The summed E-state index contributed by atoms with van der Waals surface area (Å²) in [6, 6.07) is 10.7. The van der Waals surface area contributed by atoms with Crippen molar-refractivity contribution in [2.75, 3.05) is 32.6 Å². The minimum Gasteiger partial charge on any atom is -0.495 e. The highest BCUT2D eigenvalue weighted by atomic mass is 32.2. The molecule has 1 heterocycles. The molecule has 0 aromatic heterocycles. The third-order valence-electron chi connectivity index (χ3n) is 5.37. The SMILES string of the molecule is COc1ccc(C)cc1NC(=O)C1CCN(S(=O)(=O)c2cc(C)ccc2OC)CC1. The molecule has 1 aliphatic heterocycles. The van der Waals surface area contributed by atoms with Crippen LogP contribution in [-0.2, 0) is 14.8 Å². The number of hydrogen-bond acceptors (Lipinski definition) is 5. The Kier molecular flexibility index (Phi) is 6.67. The van der Waals surface area contributed by atoms with Gasteiger partial charge in [0.2, 0.25) is 15.9 Å². The van der Waals surface area contributed by atoms with E-state index in [1.165, 1.54) is 11.4 Å². The molecule has 0 atom stereocenters. The van der Waals surface area contributed by atoms with E-state index in [9.17, 15) is 13.2 Å². The maximum atomic E-state index is 13.1. The molecule has 0 radical (unpaired) electrons. The predicted molar refractivity (Wildman–Crippen MR) is 116 cm³/mol. The summed E-state index contributed by atoms with van der Waals surface area (Å²) in [6.07, 6.45) is 0.903. The van der Waals surface area contributed by atoms with Crippen LogP contribution in [0, 0.1) is 19.8 Å². The molecule has 30 heavy (non-hydrogen) atoms. The number of hydrogen-bond donors (Lipinski definition) is 1. The molecule has 8 heteroatoms. The summed E-state index contributed by atoms with van der Waals surface area (Å²) >= 11 is 0. The van der Waals surface area contributed by atoms with E-state index in [0.717, 1.165) is 11.1 Å². The fraction of sp³-hybridized carbons (Fsp3) is 0.409. The van der Waals surface area contributed by atoms with Gasteiger partial charge < -0.3 is 14.8 Å². The number of ether oxygens (including phenoxy) is 2. The number of sulfonamides is 1. The fourth-order valence-corrected chi connectivity index (χ4v) is 5.35. The summed E-state index contributed by atoms with van der Waals surface area (Å²) in [6.45, 7) is 4.34. The highest BCUT2D eigenvalue weighted by Crippen LogP contribution is 2.31. The summed E-state index contributed by atoms with van der Waals surface area (Å²) in [7, 11) is -0.678. The maximum absolute atomic E-state index is 13.1. The Labute approximate surface area is 178 Å². The van der Waals surface area contributed by atoms with E-state index >= 15 is 0 Å². The van der Waals surface area contributed by atoms with Crippen LogP contribution in [0.5, 0.6) is 11.5 Å². The van der Waals surface area contributed by atoms with Crippen molar-refractivity contribution in [3.8, 4) is 11.5 Å². The largest absolute Gasteiger partial charge is 0.495 e. The molecular formula is C22H28N2O5S. The number of nitrogens with one attached hydrogen (secondary N) is 1. The van der Waals surface area contributed by atoms with Gasteiger partial charge in [0.05, 0.1) is 19.9 Å². The van der Waals surface area contributed by atoms with Crippen LogP contribution in [0.3, 0.4) is 0 Å². The van der Waals surface area contributed by atoms with Gasteiger partial charge in [0, 0.05) is 19.0 Å². The van der Waals surface area contributed by atoms with Gasteiger partial charge in [-0.05, 0) is 62.1 Å². The van der Waals surface area contributed by atoms with Crippen LogP contribution in [0.2, 0.25) is 0 Å². The van der Waals surface area contributed by atoms with Crippen LogP contribution < -0.4 is 14.8 Å². The maximum Gasteiger partial charge on any atom is 0.246 e. The lowest BCUT2D eigenvalue weighted by molar-refractivity contribution is -0.120. The number of carbonyl (C=O) groups is 1. The number of anilines is 1. The summed E-state index contributed by atoms with van der Waals surface area (Å²) < 4.78 is 38.3. The molecular weight excluding hydrogens is 404 g/mol. The van der Waals surface area contributed by atoms with Crippen molar-refractivity contribution in [2.24, 2.45) is 5.92 Å². The van der Waals surface area contributed by atoms with Crippen LogP contribution in [0.25, 0.3) is 0 Å². The van der Waals surface area contributed by atoms with Gasteiger partial charge in [-0.25, -0.2) is 8.42 Å². The lowest BCUT2D eigenvalue weighted by Gasteiger charge is -2.31. The molecule has 0 spiro atoms. The van der Waals surface area contributed by atoms with E-state index in [4.69, 9.17) is 9.47 Å². The molecule has 0 saturated carbocycles. The molecule has 2 aromatic rings. The zero-order valence-electron chi connectivity index (χ0n) is 17.8. The second-order valence-corrected chi connectivity index (χ2v) is 9.43. The van der Waals surface area contributed by atoms with E-state index in [1.807, 2.05) is 38.1 Å². The van der Waals surface area contributed by atoms with Gasteiger partial charge in [0.25, 0.3) is 0 Å². The normalized spacial score (nSPS) is 15.6. The Bertz CT molecular complexity index is 1030. The van der Waals surface area contributed by atoms with Crippen LogP contribution in [0.15, 0.2) is 41.3 Å². The lowest BCUT2D eigenvalue weighted by atomic mass is 9.97. The number of aryl methyl sites for hydroxylation is 2. The monoisotopic (exact) mass is 432 g/mol. The molecule has 0 aliphatic carbocycles. The first-order valence-corrected chi connectivity index (χ1v) is 11.3. The molecule has 2 aromatic carbocycles. The van der Waals surface area contributed by atoms with E-state index in [-0.39, 0.29) is 29.8 Å². The summed E-state index contributed by atoms with van der Waals surface area (Å²) in [5, 5.41) is 2.93. The molecule has 162 valence electrons. The van der Waals surface area contributed by atoms with Crippen molar-refractivity contribution in [1.29, 1.82) is 0 Å². The number of carbonyl (C=O) groups excluding carboxylic acids is 1. The molecule has 0 unspecified atom stereocenters. The fourth-order valence-electron chi connectivity index (χ4n) is 3.64. The molecule has 0 bridgehead atoms.